The van der Waals surface area contributed by atoms with Gasteiger partial charge >= 0.3 is 0 Å². The van der Waals surface area contributed by atoms with Gasteiger partial charge in [-0.2, -0.15) is 0 Å². The zero-order valence-corrected chi connectivity index (χ0v) is 23.7. The molecule has 6 heteroatoms. The van der Waals surface area contributed by atoms with E-state index < -0.39 is 0 Å². The number of unbranched alkanes of at least 4 members (excludes halogenated alkanes) is 4. The number of rotatable bonds is 12. The van der Waals surface area contributed by atoms with Gasteiger partial charge in [-0.3, -0.25) is 0 Å². The van der Waals surface area contributed by atoms with E-state index in [4.69, 9.17) is 0 Å². The molecule has 0 aliphatic rings. The number of nitrogens with zero attached hydrogens (tertiary/aromatic N) is 1. The highest BCUT2D eigenvalue weighted by atomic mass is 127. The highest BCUT2D eigenvalue weighted by Crippen LogP contribution is 2.35. The molecule has 136 valence electrons. The van der Waals surface area contributed by atoms with Crippen molar-refractivity contribution in [2.24, 2.45) is 0 Å². The molecule has 0 N–H and O–H groups in total. The minimum Gasteiger partial charge on any atom is -0.324 e. The van der Waals surface area contributed by atoms with E-state index in [1.165, 1.54) is 82.0 Å². The maximum absolute atomic E-state index is 2.40. The fourth-order valence-electron chi connectivity index (χ4n) is 2.64. The Morgan fingerprint density at radius 2 is 0.727 bits per heavy atom. The summed E-state index contributed by atoms with van der Waals surface area (Å²) in [5.41, 5.74) is 0. The lowest BCUT2D eigenvalue weighted by molar-refractivity contribution is -0.929. The van der Waals surface area contributed by atoms with E-state index in [-0.39, 0.29) is -2.43 Å². The summed E-state index contributed by atoms with van der Waals surface area (Å²) in [6.45, 7) is 15.0. The predicted molar refractivity (Wildman–Crippen MR) is 141 cm³/mol. The molecule has 0 spiro atoms. The number of hydrogen-bond acceptors (Lipinski definition) is 0. The van der Waals surface area contributed by atoms with Crippen LogP contribution in [0.15, 0.2) is 0 Å². The summed E-state index contributed by atoms with van der Waals surface area (Å²) in [5, 5.41) is 0. The molecule has 0 heterocycles. The van der Waals surface area contributed by atoms with Crippen molar-refractivity contribution in [3.05, 3.63) is 0 Å². The first kappa shape index (κ1) is 27.2. The van der Waals surface area contributed by atoms with Crippen molar-refractivity contribution < 1.29 is 4.48 Å². The Bertz CT molecular complexity index is 191. The second kappa shape index (κ2) is 17.4. The molecule has 0 rings (SSSR count). The van der Waals surface area contributed by atoms with Crippen LogP contribution >= 0.6 is 89.5 Å². The predicted octanol–water partition coefficient (Wildman–Crippen LogP) is 8.17. The number of halogens is 4. The molecule has 0 unspecified atom stereocenters. The van der Waals surface area contributed by atoms with Crippen LogP contribution in [0.1, 0.15) is 79.1 Å². The Labute approximate surface area is 194 Å². The smallest absolute Gasteiger partial charge is 0.234 e. The lowest BCUT2D eigenvalue weighted by Crippen LogP contribution is -2.50. The fraction of sp³-hybridized carbons (Fsp3) is 1.00. The van der Waals surface area contributed by atoms with Gasteiger partial charge in [0.05, 0.1) is 26.2 Å². The standard InChI is InChI=1S/C16H36N.BI4/c1-5-9-13-17(14-10-6-2,15-11-7-3)16-12-8-4;2-1(3,4)5/h5-16H2,1-4H3;/q+1;-1. The Kier molecular flexibility index (Phi) is 21.4. The zero-order valence-electron chi connectivity index (χ0n) is 15.0. The molecule has 0 aliphatic carbocycles. The summed E-state index contributed by atoms with van der Waals surface area (Å²) in [6, 6.07) is 0. The van der Waals surface area contributed by atoms with Gasteiger partial charge < -0.3 is 94.0 Å². The molecule has 0 fully saturated rings. The first-order valence-electron chi connectivity index (χ1n) is 8.97. The van der Waals surface area contributed by atoms with E-state index in [2.05, 4.69) is 117 Å². The van der Waals surface area contributed by atoms with E-state index in [1.807, 2.05) is 0 Å². The second-order valence-corrected chi connectivity index (χ2v) is 27.9. The lowest BCUT2D eigenvalue weighted by Gasteiger charge is -2.39. The molecule has 22 heavy (non-hydrogen) atoms. The highest BCUT2D eigenvalue weighted by molar-refractivity contribution is 14.5. The van der Waals surface area contributed by atoms with Crippen molar-refractivity contribution in [1.82, 2.24) is 0 Å². The van der Waals surface area contributed by atoms with Crippen LogP contribution < -0.4 is 0 Å². The summed E-state index contributed by atoms with van der Waals surface area (Å²) >= 11 is 9.60. The maximum Gasteiger partial charge on any atom is 0.234 e. The molecule has 0 amide bonds. The van der Waals surface area contributed by atoms with Gasteiger partial charge in [0.1, 0.15) is 0 Å². The molecular weight excluding hydrogens is 725 g/mol. The van der Waals surface area contributed by atoms with Crippen molar-refractivity contribution in [3.8, 4) is 0 Å². The Morgan fingerprint density at radius 1 is 0.545 bits per heavy atom. The molecule has 0 atom stereocenters. The van der Waals surface area contributed by atoms with Gasteiger partial charge in [0.15, 0.2) is 0 Å². The first-order valence-corrected chi connectivity index (χ1v) is 13.9. The van der Waals surface area contributed by atoms with Crippen molar-refractivity contribution in [3.63, 3.8) is 0 Å². The third kappa shape index (κ3) is 21.0. The minimum absolute atomic E-state index is 0.120. The summed E-state index contributed by atoms with van der Waals surface area (Å²) in [7, 11) is 0. The monoisotopic (exact) mass is 761 g/mol. The fourth-order valence-corrected chi connectivity index (χ4v) is 2.64. The quantitative estimate of drug-likeness (QED) is 0.107. The summed E-state index contributed by atoms with van der Waals surface area (Å²) < 4.78 is 1.30. The van der Waals surface area contributed by atoms with E-state index >= 15 is 0 Å². The van der Waals surface area contributed by atoms with Gasteiger partial charge in [-0.25, -0.2) is 0 Å². The van der Waals surface area contributed by atoms with Gasteiger partial charge in [0, 0.05) is 0 Å². The van der Waals surface area contributed by atoms with Crippen LogP contribution in [0.5, 0.6) is 0 Å². The van der Waals surface area contributed by atoms with Gasteiger partial charge in [-0.15, -0.1) is 0 Å². The van der Waals surface area contributed by atoms with Gasteiger partial charge in [-0.05, 0) is 25.7 Å². The molecular formula is C16H36BI4N. The molecule has 0 aromatic heterocycles. The molecule has 0 aromatic rings. The molecule has 1 nitrogen and oxygen atoms in total. The summed E-state index contributed by atoms with van der Waals surface area (Å²) in [4.78, 5) is 0. The second-order valence-electron chi connectivity index (χ2n) is 6.15. The average molecular weight is 761 g/mol. The van der Waals surface area contributed by atoms with Gasteiger partial charge in [-0.1, -0.05) is 53.4 Å². The molecule has 0 bridgehead atoms. The van der Waals surface area contributed by atoms with E-state index in [1.54, 1.807) is 0 Å². The van der Waals surface area contributed by atoms with Crippen LogP contribution in [-0.2, 0) is 0 Å². The lowest BCUT2D eigenvalue weighted by atomic mass is 10.1. The molecule has 0 aromatic carbocycles. The van der Waals surface area contributed by atoms with Crippen LogP contribution in [0.25, 0.3) is 0 Å². The Morgan fingerprint density at radius 3 is 0.864 bits per heavy atom. The normalized spacial score (nSPS) is 12.0. The van der Waals surface area contributed by atoms with Crippen LogP contribution in [-0.4, -0.2) is 28.2 Å². The van der Waals surface area contributed by atoms with E-state index in [0.717, 1.165) is 0 Å². The number of quaternary nitrogens is 1. The Hall–Kier alpha value is 2.94. The molecule has 0 aliphatic heterocycles. The van der Waals surface area contributed by atoms with Crippen molar-refractivity contribution in [2.75, 3.05) is 26.2 Å². The first-order chi connectivity index (χ1) is 10.2. The summed E-state index contributed by atoms with van der Waals surface area (Å²) in [5.74, 6) is 0. The Balaban J connectivity index is 0. The van der Waals surface area contributed by atoms with Crippen LogP contribution in [0.2, 0.25) is 0 Å². The largest absolute Gasteiger partial charge is 0.324 e. The SMILES string of the molecule is CCCC[N+](CCCC)(CCCC)CCCC.I[B-](I)(I)I. The topological polar surface area (TPSA) is 0 Å². The average Bonchev–Trinajstić information content (AvgIpc) is 2.44. The van der Waals surface area contributed by atoms with Crippen molar-refractivity contribution in [1.29, 1.82) is 0 Å². The van der Waals surface area contributed by atoms with E-state index in [9.17, 15) is 0 Å². The molecule has 0 radical (unpaired) electrons. The van der Waals surface area contributed by atoms with Crippen LogP contribution in [0, 0.1) is 0 Å². The van der Waals surface area contributed by atoms with Gasteiger partial charge in [0.25, 0.3) is 0 Å². The zero-order chi connectivity index (χ0) is 17.5. The third-order valence-corrected chi connectivity index (χ3v) is 3.94. The van der Waals surface area contributed by atoms with Crippen LogP contribution in [0.4, 0.5) is 0 Å². The maximum atomic E-state index is 2.40. The van der Waals surface area contributed by atoms with Crippen molar-refractivity contribution >= 4 is 87.1 Å². The third-order valence-electron chi connectivity index (χ3n) is 3.94. The van der Waals surface area contributed by atoms with E-state index in [0.29, 0.717) is 0 Å². The van der Waals surface area contributed by atoms with Gasteiger partial charge in [0.2, 0.25) is -2.43 Å². The number of hydrogen-bond donors (Lipinski definition) is 0. The highest BCUT2D eigenvalue weighted by Gasteiger charge is 2.24. The molecule has 0 saturated heterocycles. The summed E-state index contributed by atoms with van der Waals surface area (Å²) in [6.07, 6.45) is 11.1. The van der Waals surface area contributed by atoms with Crippen LogP contribution in [0.3, 0.4) is 0 Å². The van der Waals surface area contributed by atoms with Crippen molar-refractivity contribution in [2.45, 2.75) is 79.1 Å². The molecule has 0 saturated carbocycles. The minimum atomic E-state index is -0.120.